The van der Waals surface area contributed by atoms with Gasteiger partial charge < -0.3 is 20.3 Å². The van der Waals surface area contributed by atoms with Crippen molar-refractivity contribution in [2.75, 3.05) is 23.9 Å². The quantitative estimate of drug-likeness (QED) is 0.451. The van der Waals surface area contributed by atoms with E-state index in [1.54, 1.807) is 66.9 Å². The summed E-state index contributed by atoms with van der Waals surface area (Å²) in [6, 6.07) is 16.9. The van der Waals surface area contributed by atoms with Crippen LogP contribution in [0.5, 0.6) is 5.88 Å². The zero-order valence-electron chi connectivity index (χ0n) is 18.1. The molecule has 0 aliphatic carbocycles. The molecule has 35 heavy (non-hydrogen) atoms. The normalized spacial score (nSPS) is 10.4. The average molecular weight is 492 g/mol. The first kappa shape index (κ1) is 26.6. The molecule has 3 N–H and O–H groups in total. The molecule has 1 aromatic heterocycles. The van der Waals surface area contributed by atoms with Crippen LogP contribution < -0.4 is 15.0 Å². The monoisotopic (exact) mass is 492 g/mol. The lowest BCUT2D eigenvalue weighted by molar-refractivity contribution is -0.192. The van der Waals surface area contributed by atoms with Crippen molar-refractivity contribution in [1.82, 2.24) is 9.97 Å². The standard InChI is InChI=1S/C20H18N4O4.C2HF3O2/c1-28-17-11-12-21-20(23-17)22-15-9-7-14(8-10-15)19(27)24(13-18(25)26)16-5-3-2-4-6-16;3-2(4,5)1(6)7/h2-12H,13H2,1H3,(H,25,26)(H,21,22,23);(H,6,7). The summed E-state index contributed by atoms with van der Waals surface area (Å²) in [5.74, 6) is -3.47. The van der Waals surface area contributed by atoms with Crippen LogP contribution in [0.4, 0.5) is 30.5 Å². The van der Waals surface area contributed by atoms with Gasteiger partial charge in [-0.25, -0.2) is 9.78 Å². The molecule has 0 spiro atoms. The molecule has 1 heterocycles. The number of aromatic nitrogens is 2. The molecule has 0 radical (unpaired) electrons. The van der Waals surface area contributed by atoms with E-state index >= 15 is 0 Å². The second-order valence-electron chi connectivity index (χ2n) is 6.55. The van der Waals surface area contributed by atoms with Crippen LogP contribution in [0.1, 0.15) is 10.4 Å². The van der Waals surface area contributed by atoms with E-state index in [1.807, 2.05) is 0 Å². The summed E-state index contributed by atoms with van der Waals surface area (Å²) in [5.41, 5.74) is 1.55. The molecule has 0 unspecified atom stereocenters. The Morgan fingerprint density at radius 1 is 1.00 bits per heavy atom. The number of aliphatic carboxylic acids is 2. The first-order valence-electron chi connectivity index (χ1n) is 9.64. The fourth-order valence-corrected chi connectivity index (χ4v) is 2.52. The predicted octanol–water partition coefficient (Wildman–Crippen LogP) is 3.59. The lowest BCUT2D eigenvalue weighted by Crippen LogP contribution is -2.35. The molecule has 0 saturated carbocycles. The Morgan fingerprint density at radius 3 is 2.11 bits per heavy atom. The van der Waals surface area contributed by atoms with E-state index in [4.69, 9.17) is 19.7 Å². The smallest absolute Gasteiger partial charge is 0.481 e. The van der Waals surface area contributed by atoms with Crippen LogP contribution >= 0.6 is 0 Å². The van der Waals surface area contributed by atoms with Crippen LogP contribution in [0.2, 0.25) is 0 Å². The van der Waals surface area contributed by atoms with Crippen molar-refractivity contribution in [1.29, 1.82) is 0 Å². The molecule has 2 aromatic carbocycles. The molecule has 3 aromatic rings. The third kappa shape index (κ3) is 8.31. The zero-order valence-corrected chi connectivity index (χ0v) is 18.1. The molecule has 0 aliphatic rings. The predicted molar refractivity (Wildman–Crippen MR) is 118 cm³/mol. The maximum atomic E-state index is 12.8. The Kier molecular flexibility index (Phi) is 9.09. The number of carbonyl (C=O) groups excluding carboxylic acids is 1. The van der Waals surface area contributed by atoms with Gasteiger partial charge in [-0.2, -0.15) is 18.2 Å². The highest BCUT2D eigenvalue weighted by Gasteiger charge is 2.38. The number of rotatable bonds is 7. The fourth-order valence-electron chi connectivity index (χ4n) is 2.52. The molecule has 0 saturated heterocycles. The molecular weight excluding hydrogens is 473 g/mol. The van der Waals surface area contributed by atoms with Crippen molar-refractivity contribution in [3.63, 3.8) is 0 Å². The van der Waals surface area contributed by atoms with Crippen LogP contribution in [0.25, 0.3) is 0 Å². The van der Waals surface area contributed by atoms with E-state index in [-0.39, 0.29) is 0 Å². The lowest BCUT2D eigenvalue weighted by Gasteiger charge is -2.21. The minimum absolute atomic E-state index is 0.357. The van der Waals surface area contributed by atoms with Gasteiger partial charge >= 0.3 is 18.1 Å². The van der Waals surface area contributed by atoms with Gasteiger partial charge in [0.15, 0.2) is 0 Å². The first-order chi connectivity index (χ1) is 16.5. The summed E-state index contributed by atoms with van der Waals surface area (Å²) >= 11 is 0. The van der Waals surface area contributed by atoms with Gasteiger partial charge in [0, 0.05) is 29.2 Å². The Bertz CT molecular complexity index is 1160. The highest BCUT2D eigenvalue weighted by molar-refractivity contribution is 6.08. The molecule has 0 aliphatic heterocycles. The second-order valence-corrected chi connectivity index (χ2v) is 6.55. The van der Waals surface area contributed by atoms with Crippen LogP contribution in [0.15, 0.2) is 66.9 Å². The Hall–Kier alpha value is -4.68. The van der Waals surface area contributed by atoms with Crippen molar-refractivity contribution in [2.45, 2.75) is 6.18 Å². The number of anilines is 3. The van der Waals surface area contributed by atoms with Crippen LogP contribution in [0, 0.1) is 0 Å². The number of amides is 1. The van der Waals surface area contributed by atoms with E-state index in [1.165, 1.54) is 12.0 Å². The van der Waals surface area contributed by atoms with Crippen molar-refractivity contribution in [2.24, 2.45) is 0 Å². The highest BCUT2D eigenvalue weighted by atomic mass is 19.4. The van der Waals surface area contributed by atoms with E-state index < -0.39 is 30.6 Å². The number of ether oxygens (including phenoxy) is 1. The third-order valence-electron chi connectivity index (χ3n) is 4.08. The highest BCUT2D eigenvalue weighted by Crippen LogP contribution is 2.20. The molecular formula is C22H19F3N4O6. The van der Waals surface area contributed by atoms with Crippen LogP contribution in [-0.4, -0.2) is 57.9 Å². The second kappa shape index (κ2) is 12.0. The minimum atomic E-state index is -5.08. The number of benzene rings is 2. The van der Waals surface area contributed by atoms with Crippen LogP contribution in [0.3, 0.4) is 0 Å². The van der Waals surface area contributed by atoms with Gasteiger partial charge in [0.2, 0.25) is 11.8 Å². The number of carboxylic acid groups (broad SMARTS) is 2. The van der Waals surface area contributed by atoms with Crippen molar-refractivity contribution < 1.29 is 42.5 Å². The number of nitrogens with one attached hydrogen (secondary N) is 1. The van der Waals surface area contributed by atoms with Gasteiger partial charge in [-0.05, 0) is 36.4 Å². The van der Waals surface area contributed by atoms with Gasteiger partial charge in [-0.3, -0.25) is 14.5 Å². The van der Waals surface area contributed by atoms with Gasteiger partial charge in [0.05, 0.1) is 7.11 Å². The summed E-state index contributed by atoms with van der Waals surface area (Å²) in [5, 5.41) is 19.3. The SMILES string of the molecule is COc1ccnc(Nc2ccc(C(=O)N(CC(=O)O)c3ccccc3)cc2)n1.O=C(O)C(F)(F)F. The summed E-state index contributed by atoms with van der Waals surface area (Å²) in [6.07, 6.45) is -3.52. The molecule has 0 fully saturated rings. The molecule has 3 rings (SSSR count). The van der Waals surface area contributed by atoms with E-state index in [2.05, 4.69) is 15.3 Å². The maximum Gasteiger partial charge on any atom is 0.490 e. The number of hydrogen-bond acceptors (Lipinski definition) is 7. The van der Waals surface area contributed by atoms with Crippen molar-refractivity contribution in [3.05, 3.63) is 72.4 Å². The van der Waals surface area contributed by atoms with Crippen molar-refractivity contribution >= 4 is 35.2 Å². The van der Waals surface area contributed by atoms with E-state index in [0.717, 1.165) is 0 Å². The number of carboxylic acids is 2. The molecule has 184 valence electrons. The number of para-hydroxylation sites is 1. The van der Waals surface area contributed by atoms with Gasteiger partial charge in [-0.1, -0.05) is 18.2 Å². The summed E-state index contributed by atoms with van der Waals surface area (Å²) in [7, 11) is 1.52. The zero-order chi connectivity index (χ0) is 26.0. The Morgan fingerprint density at radius 2 is 1.60 bits per heavy atom. The molecule has 1 amide bonds. The van der Waals surface area contributed by atoms with Crippen LogP contribution in [-0.2, 0) is 9.59 Å². The van der Waals surface area contributed by atoms with Gasteiger partial charge in [0.25, 0.3) is 5.91 Å². The van der Waals surface area contributed by atoms with Gasteiger partial charge in [0.1, 0.15) is 6.54 Å². The first-order valence-corrected chi connectivity index (χ1v) is 9.64. The fraction of sp³-hybridized carbons (Fsp3) is 0.136. The molecule has 13 heteroatoms. The lowest BCUT2D eigenvalue weighted by atomic mass is 10.1. The number of halogens is 3. The number of alkyl halides is 3. The molecule has 0 bridgehead atoms. The number of nitrogens with zero attached hydrogens (tertiary/aromatic N) is 3. The topological polar surface area (TPSA) is 142 Å². The maximum absolute atomic E-state index is 12.8. The largest absolute Gasteiger partial charge is 0.490 e. The van der Waals surface area contributed by atoms with E-state index in [9.17, 15) is 22.8 Å². The molecule has 10 nitrogen and oxygen atoms in total. The number of methoxy groups -OCH3 is 1. The third-order valence-corrected chi connectivity index (χ3v) is 4.08. The van der Waals surface area contributed by atoms with Gasteiger partial charge in [-0.15, -0.1) is 0 Å². The number of hydrogen-bond donors (Lipinski definition) is 3. The summed E-state index contributed by atoms with van der Waals surface area (Å²) in [4.78, 5) is 42.4. The summed E-state index contributed by atoms with van der Waals surface area (Å²) < 4.78 is 36.8. The average Bonchev–Trinajstić information content (AvgIpc) is 2.83. The van der Waals surface area contributed by atoms with E-state index in [0.29, 0.717) is 28.8 Å². The molecule has 0 atom stereocenters. The van der Waals surface area contributed by atoms with Crippen molar-refractivity contribution in [3.8, 4) is 5.88 Å². The minimum Gasteiger partial charge on any atom is -0.481 e. The number of carbonyl (C=O) groups is 3. The Labute approximate surface area is 196 Å². The Balaban J connectivity index is 0.000000540. The summed E-state index contributed by atoms with van der Waals surface area (Å²) in [6.45, 7) is -0.430.